The largest absolute Gasteiger partial charge is 0.192 e. The fourth-order valence-corrected chi connectivity index (χ4v) is 3.11. The summed E-state index contributed by atoms with van der Waals surface area (Å²) >= 11 is 7.08. The fourth-order valence-electron chi connectivity index (χ4n) is 1.63. The number of nitrogens with zero attached hydrogens (tertiary/aromatic N) is 1. The zero-order valence-corrected chi connectivity index (χ0v) is 12.1. The molecule has 0 spiro atoms. The lowest BCUT2D eigenvalue weighted by molar-refractivity contribution is 1.39. The van der Waals surface area contributed by atoms with Crippen LogP contribution < -0.4 is 0 Å². The van der Waals surface area contributed by atoms with E-state index in [-0.39, 0.29) is 0 Å². The summed E-state index contributed by atoms with van der Waals surface area (Å²) in [4.78, 5) is 0. The topological polar surface area (TPSA) is 23.8 Å². The molecule has 0 radical (unpaired) electrons. The molecule has 3 heteroatoms. The monoisotopic (exact) mass is 349 g/mol. The van der Waals surface area contributed by atoms with E-state index in [1.165, 1.54) is 5.56 Å². The van der Waals surface area contributed by atoms with Gasteiger partial charge in [-0.2, -0.15) is 5.26 Å². The van der Waals surface area contributed by atoms with Crippen LogP contribution in [-0.2, 0) is 5.33 Å². The van der Waals surface area contributed by atoms with Gasteiger partial charge in [-0.25, -0.2) is 0 Å². The lowest BCUT2D eigenvalue weighted by Crippen LogP contribution is -1.86. The van der Waals surface area contributed by atoms with Gasteiger partial charge in [0.2, 0.25) is 0 Å². The molecule has 0 aliphatic carbocycles. The molecule has 1 nitrogen and oxygen atoms in total. The highest BCUT2D eigenvalue weighted by Crippen LogP contribution is 2.32. The van der Waals surface area contributed by atoms with Gasteiger partial charge in [0.05, 0.1) is 11.6 Å². The van der Waals surface area contributed by atoms with Gasteiger partial charge in [-0.1, -0.05) is 46.3 Å². The molecule has 0 saturated heterocycles. The first-order valence-electron chi connectivity index (χ1n) is 5.10. The minimum atomic E-state index is 0.682. The lowest BCUT2D eigenvalue weighted by atomic mass is 10.0. The number of rotatable bonds is 2. The quantitative estimate of drug-likeness (QED) is 0.708. The SMILES string of the molecule is N#Cc1ccc(-c2cccc(CBr)c2Br)cc1. The average molecular weight is 351 g/mol. The Kier molecular flexibility index (Phi) is 3.98. The molecule has 84 valence electrons. The summed E-state index contributed by atoms with van der Waals surface area (Å²) in [5.41, 5.74) is 4.15. The van der Waals surface area contributed by atoms with Crippen LogP contribution in [0.1, 0.15) is 11.1 Å². The van der Waals surface area contributed by atoms with Crippen molar-refractivity contribution in [2.45, 2.75) is 5.33 Å². The van der Waals surface area contributed by atoms with Crippen molar-refractivity contribution in [2.24, 2.45) is 0 Å². The van der Waals surface area contributed by atoms with Crippen molar-refractivity contribution in [3.05, 3.63) is 58.1 Å². The van der Waals surface area contributed by atoms with E-state index in [1.807, 2.05) is 30.3 Å². The third-order valence-electron chi connectivity index (χ3n) is 2.55. The fraction of sp³-hybridized carbons (Fsp3) is 0.0714. The van der Waals surface area contributed by atoms with Gasteiger partial charge >= 0.3 is 0 Å². The van der Waals surface area contributed by atoms with Crippen molar-refractivity contribution in [2.75, 3.05) is 0 Å². The summed E-state index contributed by atoms with van der Waals surface area (Å²) in [6.07, 6.45) is 0. The van der Waals surface area contributed by atoms with E-state index in [0.29, 0.717) is 5.56 Å². The Balaban J connectivity index is 2.49. The third kappa shape index (κ3) is 2.59. The maximum absolute atomic E-state index is 8.77. The average Bonchev–Trinajstić information content (AvgIpc) is 2.39. The standard InChI is InChI=1S/C14H9Br2N/c15-8-12-2-1-3-13(14(12)16)11-6-4-10(9-17)5-7-11/h1-7H,8H2. The van der Waals surface area contributed by atoms with Crippen LogP contribution in [0.5, 0.6) is 0 Å². The smallest absolute Gasteiger partial charge is 0.0991 e. The summed E-state index contributed by atoms with van der Waals surface area (Å²) in [6.45, 7) is 0. The molecule has 0 atom stereocenters. The maximum atomic E-state index is 8.77. The minimum absolute atomic E-state index is 0.682. The molecule has 0 aliphatic heterocycles. The molecule has 17 heavy (non-hydrogen) atoms. The first kappa shape index (κ1) is 12.3. The first-order valence-corrected chi connectivity index (χ1v) is 7.01. The highest BCUT2D eigenvalue weighted by Gasteiger charge is 2.06. The highest BCUT2D eigenvalue weighted by atomic mass is 79.9. The number of halogens is 2. The van der Waals surface area contributed by atoms with Crippen LogP contribution >= 0.6 is 31.9 Å². The molecule has 0 bridgehead atoms. The molecule has 0 saturated carbocycles. The van der Waals surface area contributed by atoms with Crippen molar-refractivity contribution >= 4 is 31.9 Å². The van der Waals surface area contributed by atoms with E-state index >= 15 is 0 Å². The van der Waals surface area contributed by atoms with Crippen molar-refractivity contribution in [3.8, 4) is 17.2 Å². The van der Waals surface area contributed by atoms with Crippen LogP contribution in [0.4, 0.5) is 0 Å². The molecule has 0 amide bonds. The third-order valence-corrected chi connectivity index (χ3v) is 4.09. The number of nitriles is 1. The summed E-state index contributed by atoms with van der Waals surface area (Å²) in [5.74, 6) is 0. The minimum Gasteiger partial charge on any atom is -0.192 e. The number of hydrogen-bond donors (Lipinski definition) is 0. The van der Waals surface area contributed by atoms with E-state index in [2.05, 4.69) is 50.1 Å². The highest BCUT2D eigenvalue weighted by molar-refractivity contribution is 9.11. The molecular weight excluding hydrogens is 342 g/mol. The van der Waals surface area contributed by atoms with Crippen LogP contribution in [-0.4, -0.2) is 0 Å². The predicted octanol–water partition coefficient (Wildman–Crippen LogP) is 4.88. The lowest BCUT2D eigenvalue weighted by Gasteiger charge is -2.08. The Morgan fingerprint density at radius 2 is 1.76 bits per heavy atom. The van der Waals surface area contributed by atoms with Gasteiger partial charge in [0.1, 0.15) is 0 Å². The van der Waals surface area contributed by atoms with Gasteiger partial charge in [-0.3, -0.25) is 0 Å². The van der Waals surface area contributed by atoms with E-state index in [9.17, 15) is 0 Å². The van der Waals surface area contributed by atoms with Crippen molar-refractivity contribution in [3.63, 3.8) is 0 Å². The summed E-state index contributed by atoms with van der Waals surface area (Å²) in [7, 11) is 0. The van der Waals surface area contributed by atoms with E-state index < -0.39 is 0 Å². The van der Waals surface area contributed by atoms with Gasteiger partial charge in [0, 0.05) is 9.80 Å². The van der Waals surface area contributed by atoms with Gasteiger partial charge in [0.25, 0.3) is 0 Å². The summed E-state index contributed by atoms with van der Waals surface area (Å²) in [5, 5.41) is 9.59. The molecule has 2 aromatic carbocycles. The molecule has 0 heterocycles. The van der Waals surface area contributed by atoms with E-state index in [0.717, 1.165) is 20.9 Å². The molecular formula is C14H9Br2N. The molecule has 0 fully saturated rings. The number of alkyl halides is 1. The number of hydrogen-bond acceptors (Lipinski definition) is 1. The predicted molar refractivity (Wildman–Crippen MR) is 76.9 cm³/mol. The van der Waals surface area contributed by atoms with Crippen molar-refractivity contribution in [1.29, 1.82) is 5.26 Å². The van der Waals surface area contributed by atoms with Gasteiger partial charge in [-0.15, -0.1) is 0 Å². The molecule has 2 aromatic rings. The van der Waals surface area contributed by atoms with Gasteiger partial charge in [-0.05, 0) is 44.8 Å². The van der Waals surface area contributed by atoms with Crippen LogP contribution in [0.2, 0.25) is 0 Å². The second kappa shape index (κ2) is 5.48. The van der Waals surface area contributed by atoms with Gasteiger partial charge < -0.3 is 0 Å². The molecule has 0 N–H and O–H groups in total. The Morgan fingerprint density at radius 3 is 2.35 bits per heavy atom. The summed E-state index contributed by atoms with van der Waals surface area (Å²) < 4.78 is 1.10. The van der Waals surface area contributed by atoms with Crippen molar-refractivity contribution in [1.82, 2.24) is 0 Å². The zero-order chi connectivity index (χ0) is 12.3. The number of benzene rings is 2. The maximum Gasteiger partial charge on any atom is 0.0991 e. The van der Waals surface area contributed by atoms with Crippen LogP contribution in [0.15, 0.2) is 46.9 Å². The van der Waals surface area contributed by atoms with Crippen LogP contribution in [0.3, 0.4) is 0 Å². The molecule has 0 unspecified atom stereocenters. The second-order valence-corrected chi connectivity index (χ2v) is 4.96. The molecule has 0 aromatic heterocycles. The van der Waals surface area contributed by atoms with Gasteiger partial charge in [0.15, 0.2) is 0 Å². The van der Waals surface area contributed by atoms with E-state index in [1.54, 1.807) is 0 Å². The molecule has 2 rings (SSSR count). The second-order valence-electron chi connectivity index (χ2n) is 3.60. The first-order chi connectivity index (χ1) is 8.26. The Bertz CT molecular complexity index is 568. The van der Waals surface area contributed by atoms with E-state index in [4.69, 9.17) is 5.26 Å². The van der Waals surface area contributed by atoms with Crippen LogP contribution in [0, 0.1) is 11.3 Å². The molecule has 0 aliphatic rings. The Morgan fingerprint density at radius 1 is 1.06 bits per heavy atom. The van der Waals surface area contributed by atoms with Crippen LogP contribution in [0.25, 0.3) is 11.1 Å². The van der Waals surface area contributed by atoms with Crippen molar-refractivity contribution < 1.29 is 0 Å². The Hall–Kier alpha value is -1.11. The summed E-state index contributed by atoms with van der Waals surface area (Å²) in [6, 6.07) is 15.9. The normalized spacial score (nSPS) is 9.94. The zero-order valence-electron chi connectivity index (χ0n) is 8.95. The Labute approximate surface area is 117 Å².